The van der Waals surface area contributed by atoms with Gasteiger partial charge in [-0.05, 0) is 26.7 Å². The predicted molar refractivity (Wildman–Crippen MR) is 87.9 cm³/mol. The molecular weight excluding hydrogens is 248 g/mol. The molecule has 1 atom stereocenters. The molecule has 0 rings (SSSR count). The lowest BCUT2D eigenvalue weighted by atomic mass is 9.94. The molecule has 0 aliphatic rings. The minimum atomic E-state index is 0.159. The summed E-state index contributed by atoms with van der Waals surface area (Å²) in [6.07, 6.45) is 10.5. The van der Waals surface area contributed by atoms with Crippen molar-refractivity contribution in [1.29, 1.82) is 0 Å². The van der Waals surface area contributed by atoms with Crippen LogP contribution in [0.1, 0.15) is 85.5 Å². The molecule has 0 spiro atoms. The van der Waals surface area contributed by atoms with E-state index in [0.717, 1.165) is 25.0 Å². The van der Waals surface area contributed by atoms with E-state index in [1.807, 2.05) is 13.8 Å². The standard InChI is InChI=1S/C17H34N2O/c1-6-8-10-12-14-16(13-11-9-7-2)17(20)19(5)18-15(3)4/h16H,6-14H2,1-5H3. The molecule has 3 heteroatoms. The first-order valence-corrected chi connectivity index (χ1v) is 8.32. The largest absolute Gasteiger partial charge is 0.273 e. The van der Waals surface area contributed by atoms with Crippen LogP contribution in [0.15, 0.2) is 5.10 Å². The summed E-state index contributed by atoms with van der Waals surface area (Å²) in [4.78, 5) is 12.5. The third-order valence-electron chi connectivity index (χ3n) is 3.58. The fourth-order valence-corrected chi connectivity index (χ4v) is 2.46. The number of rotatable bonds is 11. The van der Waals surface area contributed by atoms with E-state index in [-0.39, 0.29) is 11.8 Å². The number of carbonyl (C=O) groups is 1. The molecule has 0 N–H and O–H groups in total. The van der Waals surface area contributed by atoms with Gasteiger partial charge in [0.1, 0.15) is 0 Å². The summed E-state index contributed by atoms with van der Waals surface area (Å²) in [6.45, 7) is 8.28. The van der Waals surface area contributed by atoms with Crippen LogP contribution < -0.4 is 0 Å². The molecule has 3 nitrogen and oxygen atoms in total. The number of hydrogen-bond acceptors (Lipinski definition) is 2. The minimum Gasteiger partial charge on any atom is -0.273 e. The average molecular weight is 282 g/mol. The Balaban J connectivity index is 4.40. The molecule has 0 aromatic heterocycles. The van der Waals surface area contributed by atoms with Gasteiger partial charge in [-0.3, -0.25) is 4.79 Å². The van der Waals surface area contributed by atoms with Crippen molar-refractivity contribution in [2.75, 3.05) is 7.05 Å². The van der Waals surface area contributed by atoms with Gasteiger partial charge in [0.2, 0.25) is 5.91 Å². The maximum absolute atomic E-state index is 12.5. The van der Waals surface area contributed by atoms with E-state index in [2.05, 4.69) is 18.9 Å². The summed E-state index contributed by atoms with van der Waals surface area (Å²) < 4.78 is 0. The smallest absolute Gasteiger partial charge is 0.245 e. The SMILES string of the molecule is CCCCCCC(CCCCC)C(=O)N(C)N=C(C)C. The van der Waals surface area contributed by atoms with Gasteiger partial charge in [0.15, 0.2) is 0 Å². The normalized spacial score (nSPS) is 12.1. The molecule has 0 radical (unpaired) electrons. The molecule has 0 aliphatic carbocycles. The Morgan fingerprint density at radius 1 is 0.950 bits per heavy atom. The highest BCUT2D eigenvalue weighted by molar-refractivity contribution is 5.83. The van der Waals surface area contributed by atoms with Gasteiger partial charge < -0.3 is 0 Å². The highest BCUT2D eigenvalue weighted by Crippen LogP contribution is 2.20. The second-order valence-corrected chi connectivity index (χ2v) is 5.95. The fourth-order valence-electron chi connectivity index (χ4n) is 2.46. The molecule has 0 heterocycles. The molecule has 0 aromatic rings. The van der Waals surface area contributed by atoms with Gasteiger partial charge in [-0.25, -0.2) is 5.01 Å². The lowest BCUT2D eigenvalue weighted by molar-refractivity contribution is -0.134. The number of hydrogen-bond donors (Lipinski definition) is 0. The second kappa shape index (κ2) is 11.9. The average Bonchev–Trinajstić information content (AvgIpc) is 2.40. The van der Waals surface area contributed by atoms with Gasteiger partial charge in [-0.15, -0.1) is 0 Å². The first-order chi connectivity index (χ1) is 9.52. The van der Waals surface area contributed by atoms with Crippen LogP contribution in [-0.4, -0.2) is 23.7 Å². The van der Waals surface area contributed by atoms with Gasteiger partial charge >= 0.3 is 0 Å². The highest BCUT2D eigenvalue weighted by atomic mass is 16.2. The molecule has 1 unspecified atom stereocenters. The van der Waals surface area contributed by atoms with Crippen LogP contribution in [-0.2, 0) is 4.79 Å². The van der Waals surface area contributed by atoms with Crippen LogP contribution in [0.3, 0.4) is 0 Å². The Morgan fingerprint density at radius 3 is 1.95 bits per heavy atom. The van der Waals surface area contributed by atoms with Crippen molar-refractivity contribution < 1.29 is 4.79 Å². The maximum Gasteiger partial charge on any atom is 0.245 e. The van der Waals surface area contributed by atoms with Crippen molar-refractivity contribution >= 4 is 11.6 Å². The zero-order chi connectivity index (χ0) is 15.4. The molecule has 0 aliphatic heterocycles. The zero-order valence-corrected chi connectivity index (χ0v) is 14.2. The minimum absolute atomic E-state index is 0.159. The molecular formula is C17H34N2O. The van der Waals surface area contributed by atoms with Crippen LogP contribution in [0.2, 0.25) is 0 Å². The van der Waals surface area contributed by atoms with Gasteiger partial charge in [-0.2, -0.15) is 5.10 Å². The molecule has 0 saturated heterocycles. The number of hydrazone groups is 1. The first kappa shape index (κ1) is 19.1. The monoisotopic (exact) mass is 282 g/mol. The molecule has 1 amide bonds. The molecule has 20 heavy (non-hydrogen) atoms. The van der Waals surface area contributed by atoms with Gasteiger partial charge in [0.05, 0.1) is 0 Å². The van der Waals surface area contributed by atoms with Crippen LogP contribution in [0, 0.1) is 5.92 Å². The van der Waals surface area contributed by atoms with E-state index < -0.39 is 0 Å². The van der Waals surface area contributed by atoms with Gasteiger partial charge in [0, 0.05) is 18.7 Å². The van der Waals surface area contributed by atoms with Crippen LogP contribution in [0.4, 0.5) is 0 Å². The summed E-state index contributed by atoms with van der Waals surface area (Å²) in [7, 11) is 1.79. The van der Waals surface area contributed by atoms with Crippen LogP contribution in [0.5, 0.6) is 0 Å². The Kier molecular flexibility index (Phi) is 11.4. The Morgan fingerprint density at radius 2 is 1.45 bits per heavy atom. The topological polar surface area (TPSA) is 32.7 Å². The number of nitrogens with zero attached hydrogens (tertiary/aromatic N) is 2. The van der Waals surface area contributed by atoms with E-state index in [9.17, 15) is 4.79 Å². The third kappa shape index (κ3) is 9.11. The molecule has 0 bridgehead atoms. The maximum atomic E-state index is 12.5. The number of amides is 1. The zero-order valence-electron chi connectivity index (χ0n) is 14.2. The summed E-state index contributed by atoms with van der Waals surface area (Å²) in [6, 6.07) is 0. The molecule has 0 saturated carbocycles. The van der Waals surface area contributed by atoms with E-state index in [1.54, 1.807) is 12.1 Å². The lowest BCUT2D eigenvalue weighted by Crippen LogP contribution is -2.29. The summed E-state index contributed by atoms with van der Waals surface area (Å²) in [5.74, 6) is 0.352. The van der Waals surface area contributed by atoms with Crippen molar-refractivity contribution in [3.63, 3.8) is 0 Å². The van der Waals surface area contributed by atoms with Crippen molar-refractivity contribution in [2.45, 2.75) is 85.5 Å². The number of unbranched alkanes of at least 4 members (excludes halogenated alkanes) is 5. The highest BCUT2D eigenvalue weighted by Gasteiger charge is 2.21. The molecule has 118 valence electrons. The van der Waals surface area contributed by atoms with Crippen LogP contribution in [0.25, 0.3) is 0 Å². The van der Waals surface area contributed by atoms with E-state index in [1.165, 1.54) is 38.5 Å². The number of carbonyl (C=O) groups excluding carboxylic acids is 1. The predicted octanol–water partition coefficient (Wildman–Crippen LogP) is 5.01. The summed E-state index contributed by atoms with van der Waals surface area (Å²) in [5, 5.41) is 5.82. The Bertz CT molecular complexity index is 283. The quantitative estimate of drug-likeness (QED) is 0.298. The molecule has 0 fully saturated rings. The van der Waals surface area contributed by atoms with Gasteiger partial charge in [-0.1, -0.05) is 58.8 Å². The Hall–Kier alpha value is -0.860. The third-order valence-corrected chi connectivity index (χ3v) is 3.58. The van der Waals surface area contributed by atoms with Gasteiger partial charge in [0.25, 0.3) is 0 Å². The second-order valence-electron chi connectivity index (χ2n) is 5.95. The fraction of sp³-hybridized carbons (Fsp3) is 0.882. The van der Waals surface area contributed by atoms with Crippen molar-refractivity contribution in [3.05, 3.63) is 0 Å². The summed E-state index contributed by atoms with van der Waals surface area (Å²) >= 11 is 0. The van der Waals surface area contributed by atoms with Crippen molar-refractivity contribution in [1.82, 2.24) is 5.01 Å². The summed E-state index contributed by atoms with van der Waals surface area (Å²) in [5.41, 5.74) is 0.930. The Labute approximate surface area is 125 Å². The lowest BCUT2D eigenvalue weighted by Gasteiger charge is -2.20. The van der Waals surface area contributed by atoms with E-state index >= 15 is 0 Å². The molecule has 0 aromatic carbocycles. The van der Waals surface area contributed by atoms with Crippen molar-refractivity contribution in [3.8, 4) is 0 Å². The van der Waals surface area contributed by atoms with E-state index in [0.29, 0.717) is 0 Å². The first-order valence-electron chi connectivity index (χ1n) is 8.32. The van der Waals surface area contributed by atoms with Crippen molar-refractivity contribution in [2.24, 2.45) is 11.0 Å². The van der Waals surface area contributed by atoms with E-state index in [4.69, 9.17) is 0 Å². The van der Waals surface area contributed by atoms with Crippen LogP contribution >= 0.6 is 0 Å².